The lowest BCUT2D eigenvalue weighted by atomic mass is 10.1. The largest absolute Gasteiger partial charge is 0.371 e. The molecule has 0 spiro atoms. The van der Waals surface area contributed by atoms with Crippen LogP contribution in [-0.2, 0) is 0 Å². The Balaban J connectivity index is 2.15. The quantitative estimate of drug-likeness (QED) is 0.801. The van der Waals surface area contributed by atoms with Gasteiger partial charge in [0.2, 0.25) is 0 Å². The first kappa shape index (κ1) is 14.9. The van der Waals surface area contributed by atoms with E-state index in [9.17, 15) is 0 Å². The molecule has 1 fully saturated rings. The van der Waals surface area contributed by atoms with E-state index in [0.29, 0.717) is 6.04 Å². The van der Waals surface area contributed by atoms with E-state index < -0.39 is 0 Å². The van der Waals surface area contributed by atoms with E-state index >= 15 is 0 Å². The molecule has 0 aromatic heterocycles. The van der Waals surface area contributed by atoms with Crippen LogP contribution in [0.1, 0.15) is 44.7 Å². The Morgan fingerprint density at radius 2 is 2.16 bits per heavy atom. The Morgan fingerprint density at radius 3 is 2.68 bits per heavy atom. The average molecular weight is 325 g/mol. The first-order chi connectivity index (χ1) is 9.15. The molecule has 106 valence electrons. The second kappa shape index (κ2) is 6.76. The van der Waals surface area contributed by atoms with Crippen molar-refractivity contribution in [1.29, 1.82) is 0 Å². The molecule has 1 saturated carbocycles. The van der Waals surface area contributed by atoms with Gasteiger partial charge in [-0.15, -0.1) is 0 Å². The first-order valence-corrected chi connectivity index (χ1v) is 8.16. The fraction of sp³-hybridized carbons (Fsp3) is 0.625. The molecule has 0 heterocycles. The van der Waals surface area contributed by atoms with Crippen molar-refractivity contribution in [2.75, 3.05) is 25.0 Å². The highest BCUT2D eigenvalue weighted by Gasteiger charge is 2.24. The predicted molar refractivity (Wildman–Crippen MR) is 86.8 cm³/mol. The summed E-state index contributed by atoms with van der Waals surface area (Å²) in [5, 5.41) is 3.29. The highest BCUT2D eigenvalue weighted by Crippen LogP contribution is 2.33. The van der Waals surface area contributed by atoms with E-state index in [1.54, 1.807) is 0 Å². The summed E-state index contributed by atoms with van der Waals surface area (Å²) in [6.45, 7) is 6.82. The van der Waals surface area contributed by atoms with Gasteiger partial charge in [-0.2, -0.15) is 0 Å². The summed E-state index contributed by atoms with van der Waals surface area (Å²) >= 11 is 3.72. The molecule has 0 radical (unpaired) electrons. The van der Waals surface area contributed by atoms with Gasteiger partial charge in [0.05, 0.1) is 0 Å². The number of hydrogen-bond acceptors (Lipinski definition) is 2. The van der Waals surface area contributed by atoms with Gasteiger partial charge in [0.1, 0.15) is 0 Å². The molecule has 2 rings (SSSR count). The van der Waals surface area contributed by atoms with E-state index in [0.717, 1.165) is 12.5 Å². The maximum absolute atomic E-state index is 3.72. The van der Waals surface area contributed by atoms with Crippen LogP contribution in [0.3, 0.4) is 0 Å². The molecule has 1 aliphatic rings. The predicted octanol–water partition coefficient (Wildman–Crippen LogP) is 4.36. The van der Waals surface area contributed by atoms with Crippen LogP contribution in [0.15, 0.2) is 22.7 Å². The molecule has 1 aromatic carbocycles. The van der Waals surface area contributed by atoms with E-state index in [-0.39, 0.29) is 0 Å². The fourth-order valence-electron chi connectivity index (χ4n) is 2.43. The lowest BCUT2D eigenvalue weighted by molar-refractivity contribution is 0.649. The van der Waals surface area contributed by atoms with Gasteiger partial charge in [-0.1, -0.05) is 28.9 Å². The van der Waals surface area contributed by atoms with Crippen LogP contribution in [0.25, 0.3) is 0 Å². The molecule has 1 unspecified atom stereocenters. The molecule has 0 amide bonds. The van der Waals surface area contributed by atoms with Crippen molar-refractivity contribution in [3.8, 4) is 0 Å². The highest BCUT2D eigenvalue weighted by molar-refractivity contribution is 9.10. The van der Waals surface area contributed by atoms with Gasteiger partial charge in [0.15, 0.2) is 0 Å². The summed E-state index contributed by atoms with van der Waals surface area (Å²) in [5.41, 5.74) is 2.68. The molecule has 1 N–H and O–H groups in total. The summed E-state index contributed by atoms with van der Waals surface area (Å²) < 4.78 is 1.21. The minimum Gasteiger partial charge on any atom is -0.371 e. The molecule has 1 aromatic rings. The monoisotopic (exact) mass is 324 g/mol. The Bertz CT molecular complexity index is 415. The van der Waals surface area contributed by atoms with Gasteiger partial charge in [-0.3, -0.25) is 0 Å². The summed E-state index contributed by atoms with van der Waals surface area (Å²) in [6, 6.07) is 7.18. The van der Waals surface area contributed by atoms with Gasteiger partial charge >= 0.3 is 0 Å². The smallest absolute Gasteiger partial charge is 0.0377 e. The standard InChI is InChI=1S/C16H25BrN2/c1-4-9-19(11-13-5-6-13)14-7-8-15(12(2)18-3)16(17)10-14/h7-8,10,12-13,18H,4-6,9,11H2,1-3H3. The number of hydrogen-bond donors (Lipinski definition) is 1. The van der Waals surface area contributed by atoms with Gasteiger partial charge in [0, 0.05) is 29.3 Å². The number of halogens is 1. The third-order valence-electron chi connectivity index (χ3n) is 3.92. The van der Waals surface area contributed by atoms with Crippen molar-refractivity contribution in [2.24, 2.45) is 5.92 Å². The maximum Gasteiger partial charge on any atom is 0.0377 e. The summed E-state index contributed by atoms with van der Waals surface area (Å²) in [4.78, 5) is 2.54. The number of nitrogens with one attached hydrogen (secondary N) is 1. The highest BCUT2D eigenvalue weighted by atomic mass is 79.9. The lowest BCUT2D eigenvalue weighted by Gasteiger charge is -2.25. The SMILES string of the molecule is CCCN(CC1CC1)c1ccc(C(C)NC)c(Br)c1. The van der Waals surface area contributed by atoms with Crippen molar-refractivity contribution >= 4 is 21.6 Å². The number of anilines is 1. The van der Waals surface area contributed by atoms with Crippen LogP contribution >= 0.6 is 15.9 Å². The molecule has 0 bridgehead atoms. The number of nitrogens with zero attached hydrogens (tertiary/aromatic N) is 1. The van der Waals surface area contributed by atoms with Crippen molar-refractivity contribution in [3.63, 3.8) is 0 Å². The molecule has 2 nitrogen and oxygen atoms in total. The van der Waals surface area contributed by atoms with E-state index in [2.05, 4.69) is 58.2 Å². The molecule has 0 aliphatic heterocycles. The minimum absolute atomic E-state index is 0.381. The Morgan fingerprint density at radius 1 is 1.42 bits per heavy atom. The molecule has 1 aliphatic carbocycles. The summed E-state index contributed by atoms with van der Waals surface area (Å²) in [6.07, 6.45) is 4.03. The van der Waals surface area contributed by atoms with Crippen molar-refractivity contribution < 1.29 is 0 Å². The molecular weight excluding hydrogens is 300 g/mol. The van der Waals surface area contributed by atoms with E-state index in [4.69, 9.17) is 0 Å². The zero-order chi connectivity index (χ0) is 13.8. The van der Waals surface area contributed by atoms with Crippen molar-refractivity contribution in [1.82, 2.24) is 5.32 Å². The van der Waals surface area contributed by atoms with Crippen LogP contribution in [0.2, 0.25) is 0 Å². The van der Waals surface area contributed by atoms with Gasteiger partial charge < -0.3 is 10.2 Å². The normalized spacial score (nSPS) is 16.4. The Labute approximate surface area is 125 Å². The maximum atomic E-state index is 3.72. The van der Waals surface area contributed by atoms with Crippen LogP contribution < -0.4 is 10.2 Å². The zero-order valence-electron chi connectivity index (χ0n) is 12.2. The lowest BCUT2D eigenvalue weighted by Crippen LogP contribution is -2.26. The average Bonchev–Trinajstić information content (AvgIpc) is 3.21. The van der Waals surface area contributed by atoms with Crippen molar-refractivity contribution in [2.45, 2.75) is 39.2 Å². The summed E-state index contributed by atoms with van der Waals surface area (Å²) in [5.74, 6) is 0.932. The Kier molecular flexibility index (Phi) is 5.28. The molecule has 19 heavy (non-hydrogen) atoms. The van der Waals surface area contributed by atoms with Crippen LogP contribution in [0.4, 0.5) is 5.69 Å². The number of benzene rings is 1. The minimum atomic E-state index is 0.381. The van der Waals surface area contributed by atoms with Gasteiger partial charge in [-0.05, 0) is 56.8 Å². The van der Waals surface area contributed by atoms with Crippen LogP contribution in [-0.4, -0.2) is 20.1 Å². The van der Waals surface area contributed by atoms with Gasteiger partial charge in [0.25, 0.3) is 0 Å². The zero-order valence-corrected chi connectivity index (χ0v) is 13.8. The fourth-order valence-corrected chi connectivity index (χ4v) is 3.14. The van der Waals surface area contributed by atoms with Crippen molar-refractivity contribution in [3.05, 3.63) is 28.2 Å². The van der Waals surface area contributed by atoms with E-state index in [1.807, 2.05) is 7.05 Å². The topological polar surface area (TPSA) is 15.3 Å². The van der Waals surface area contributed by atoms with E-state index in [1.165, 1.54) is 41.5 Å². The van der Waals surface area contributed by atoms with Crippen LogP contribution in [0.5, 0.6) is 0 Å². The first-order valence-electron chi connectivity index (χ1n) is 7.37. The van der Waals surface area contributed by atoms with Crippen LogP contribution in [0, 0.1) is 5.92 Å². The second-order valence-electron chi connectivity index (χ2n) is 5.61. The molecular formula is C16H25BrN2. The second-order valence-corrected chi connectivity index (χ2v) is 6.46. The third kappa shape index (κ3) is 3.96. The molecule has 0 saturated heterocycles. The third-order valence-corrected chi connectivity index (χ3v) is 4.60. The molecule has 1 atom stereocenters. The van der Waals surface area contributed by atoms with Gasteiger partial charge in [-0.25, -0.2) is 0 Å². The summed E-state index contributed by atoms with van der Waals surface area (Å²) in [7, 11) is 2.00. The molecule has 3 heteroatoms. The Hall–Kier alpha value is -0.540. The number of rotatable bonds is 7.